The van der Waals surface area contributed by atoms with Crippen molar-refractivity contribution in [3.63, 3.8) is 0 Å². The summed E-state index contributed by atoms with van der Waals surface area (Å²) in [5.41, 5.74) is 7.31. The molecule has 106 valence electrons. The Balaban J connectivity index is 1.83. The van der Waals surface area contributed by atoms with Crippen LogP contribution in [0.4, 0.5) is 0 Å². The van der Waals surface area contributed by atoms with Gasteiger partial charge in [0.1, 0.15) is 5.75 Å². The number of nitrogens with two attached hydrogens (primary N) is 1. The van der Waals surface area contributed by atoms with Crippen LogP contribution in [0.2, 0.25) is 0 Å². The Morgan fingerprint density at radius 1 is 1.32 bits per heavy atom. The van der Waals surface area contributed by atoms with Crippen molar-refractivity contribution >= 4 is 0 Å². The predicted molar refractivity (Wildman–Crippen MR) is 75.1 cm³/mol. The highest BCUT2D eigenvalue weighted by Crippen LogP contribution is 2.36. The number of hydrogen-bond acceptors (Lipinski definition) is 4. The van der Waals surface area contributed by atoms with E-state index in [9.17, 15) is 0 Å². The van der Waals surface area contributed by atoms with Gasteiger partial charge in [-0.25, -0.2) is 0 Å². The maximum absolute atomic E-state index is 6.25. The van der Waals surface area contributed by atoms with E-state index >= 15 is 0 Å². The highest BCUT2D eigenvalue weighted by atomic mass is 16.5. The molecule has 2 N–H and O–H groups in total. The van der Waals surface area contributed by atoms with Crippen molar-refractivity contribution in [1.82, 2.24) is 4.98 Å². The molecule has 19 heavy (non-hydrogen) atoms. The standard InChI is InChI=1S/C15H24N2O2/c1-3-18-13-5-11(6-13)7-15(16)12-8-14(19-4-2)10-17-9-12/h8-11,13,15H,3-7,16H2,1-2H3. The molecule has 1 fully saturated rings. The van der Waals surface area contributed by atoms with E-state index in [-0.39, 0.29) is 6.04 Å². The summed E-state index contributed by atoms with van der Waals surface area (Å²) in [6.07, 6.45) is 7.30. The zero-order valence-electron chi connectivity index (χ0n) is 11.8. The normalized spacial score (nSPS) is 23.7. The summed E-state index contributed by atoms with van der Waals surface area (Å²) in [6.45, 7) is 5.47. The average Bonchev–Trinajstić information content (AvgIpc) is 2.37. The van der Waals surface area contributed by atoms with Crippen molar-refractivity contribution in [2.24, 2.45) is 11.7 Å². The third-order valence-electron chi connectivity index (χ3n) is 3.66. The molecule has 0 spiro atoms. The summed E-state index contributed by atoms with van der Waals surface area (Å²) < 4.78 is 11.0. The summed E-state index contributed by atoms with van der Waals surface area (Å²) in [7, 11) is 0. The quantitative estimate of drug-likeness (QED) is 0.822. The smallest absolute Gasteiger partial charge is 0.137 e. The van der Waals surface area contributed by atoms with Crippen LogP contribution in [-0.2, 0) is 4.74 Å². The first-order chi connectivity index (χ1) is 9.22. The fourth-order valence-corrected chi connectivity index (χ4v) is 2.62. The van der Waals surface area contributed by atoms with E-state index in [1.807, 2.05) is 26.1 Å². The molecule has 1 aromatic rings. The average molecular weight is 264 g/mol. The number of pyridine rings is 1. The molecule has 1 heterocycles. The highest BCUT2D eigenvalue weighted by Gasteiger charge is 2.30. The molecule has 4 heteroatoms. The van der Waals surface area contributed by atoms with Gasteiger partial charge in [-0.2, -0.15) is 0 Å². The second-order valence-corrected chi connectivity index (χ2v) is 5.14. The SMILES string of the molecule is CCOc1cncc(C(N)CC2CC(OCC)C2)c1. The van der Waals surface area contributed by atoms with Gasteiger partial charge in [0.15, 0.2) is 0 Å². The Morgan fingerprint density at radius 3 is 2.79 bits per heavy atom. The fraction of sp³-hybridized carbons (Fsp3) is 0.667. The van der Waals surface area contributed by atoms with E-state index in [4.69, 9.17) is 15.2 Å². The molecule has 1 atom stereocenters. The van der Waals surface area contributed by atoms with Gasteiger partial charge < -0.3 is 15.2 Å². The van der Waals surface area contributed by atoms with E-state index in [1.165, 1.54) is 0 Å². The maximum Gasteiger partial charge on any atom is 0.137 e. The topological polar surface area (TPSA) is 57.4 Å². The number of ether oxygens (including phenoxy) is 2. The van der Waals surface area contributed by atoms with E-state index in [1.54, 1.807) is 6.20 Å². The monoisotopic (exact) mass is 264 g/mol. The van der Waals surface area contributed by atoms with Gasteiger partial charge in [-0.1, -0.05) is 0 Å². The second-order valence-electron chi connectivity index (χ2n) is 5.14. The van der Waals surface area contributed by atoms with Crippen LogP contribution < -0.4 is 10.5 Å². The van der Waals surface area contributed by atoms with Crippen molar-refractivity contribution in [3.05, 3.63) is 24.0 Å². The molecule has 0 bridgehead atoms. The summed E-state index contributed by atoms with van der Waals surface area (Å²) in [5.74, 6) is 1.48. The summed E-state index contributed by atoms with van der Waals surface area (Å²) in [5, 5.41) is 0. The van der Waals surface area contributed by atoms with E-state index < -0.39 is 0 Å². The molecule has 0 aliphatic heterocycles. The highest BCUT2D eigenvalue weighted by molar-refractivity contribution is 5.25. The lowest BCUT2D eigenvalue weighted by atomic mass is 9.77. The molecule has 0 saturated heterocycles. The largest absolute Gasteiger partial charge is 0.492 e. The Kier molecular flexibility index (Phi) is 5.16. The van der Waals surface area contributed by atoms with Crippen LogP contribution in [0.1, 0.15) is 44.7 Å². The van der Waals surface area contributed by atoms with Gasteiger partial charge in [-0.05, 0) is 50.7 Å². The number of nitrogens with zero attached hydrogens (tertiary/aromatic N) is 1. The van der Waals surface area contributed by atoms with Gasteiger partial charge in [0.25, 0.3) is 0 Å². The summed E-state index contributed by atoms with van der Waals surface area (Å²) in [6, 6.07) is 2.04. The molecule has 0 aromatic carbocycles. The molecular formula is C15H24N2O2. The third kappa shape index (κ3) is 3.91. The first kappa shape index (κ1) is 14.3. The third-order valence-corrected chi connectivity index (χ3v) is 3.66. The van der Waals surface area contributed by atoms with Crippen LogP contribution >= 0.6 is 0 Å². The van der Waals surface area contributed by atoms with Crippen LogP contribution in [0.25, 0.3) is 0 Å². The van der Waals surface area contributed by atoms with Gasteiger partial charge in [-0.15, -0.1) is 0 Å². The van der Waals surface area contributed by atoms with Crippen molar-refractivity contribution in [1.29, 1.82) is 0 Å². The minimum Gasteiger partial charge on any atom is -0.492 e. The van der Waals surface area contributed by atoms with Gasteiger partial charge in [-0.3, -0.25) is 4.98 Å². The molecule has 1 aliphatic rings. The second kappa shape index (κ2) is 6.87. The van der Waals surface area contributed by atoms with Crippen molar-refractivity contribution in [2.45, 2.75) is 45.3 Å². The molecule has 1 aliphatic carbocycles. The van der Waals surface area contributed by atoms with Crippen LogP contribution in [0.3, 0.4) is 0 Å². The molecule has 2 rings (SSSR count). The number of rotatable bonds is 7. The van der Waals surface area contributed by atoms with Crippen LogP contribution in [0.5, 0.6) is 5.75 Å². The van der Waals surface area contributed by atoms with Crippen molar-refractivity contribution < 1.29 is 9.47 Å². The number of aromatic nitrogens is 1. The van der Waals surface area contributed by atoms with Gasteiger partial charge in [0.2, 0.25) is 0 Å². The molecule has 0 amide bonds. The van der Waals surface area contributed by atoms with Crippen LogP contribution in [-0.4, -0.2) is 24.3 Å². The first-order valence-electron chi connectivity index (χ1n) is 7.17. The summed E-state index contributed by atoms with van der Waals surface area (Å²) in [4.78, 5) is 4.19. The van der Waals surface area contributed by atoms with Crippen molar-refractivity contribution in [2.75, 3.05) is 13.2 Å². The van der Waals surface area contributed by atoms with Crippen LogP contribution in [0.15, 0.2) is 18.5 Å². The van der Waals surface area contributed by atoms with Crippen molar-refractivity contribution in [3.8, 4) is 5.75 Å². The molecular weight excluding hydrogens is 240 g/mol. The van der Waals surface area contributed by atoms with Gasteiger partial charge >= 0.3 is 0 Å². The Morgan fingerprint density at radius 2 is 2.11 bits per heavy atom. The predicted octanol–water partition coefficient (Wildman–Crippen LogP) is 2.69. The van der Waals surface area contributed by atoms with Crippen LogP contribution in [0, 0.1) is 5.92 Å². The lowest BCUT2D eigenvalue weighted by molar-refractivity contribution is -0.0282. The number of hydrogen-bond donors (Lipinski definition) is 1. The lowest BCUT2D eigenvalue weighted by Crippen LogP contribution is -2.33. The molecule has 1 unspecified atom stereocenters. The lowest BCUT2D eigenvalue weighted by Gasteiger charge is -2.36. The van der Waals surface area contributed by atoms with E-state index in [0.717, 1.165) is 37.2 Å². The first-order valence-corrected chi connectivity index (χ1v) is 7.17. The molecule has 1 saturated carbocycles. The molecule has 4 nitrogen and oxygen atoms in total. The fourth-order valence-electron chi connectivity index (χ4n) is 2.62. The molecule has 0 radical (unpaired) electrons. The maximum atomic E-state index is 6.25. The Hall–Kier alpha value is -1.13. The Labute approximate surface area is 115 Å². The van der Waals surface area contributed by atoms with Gasteiger partial charge in [0.05, 0.1) is 18.9 Å². The van der Waals surface area contributed by atoms with Gasteiger partial charge in [0, 0.05) is 18.8 Å². The minimum absolute atomic E-state index is 0.0421. The van der Waals surface area contributed by atoms with E-state index in [2.05, 4.69) is 4.98 Å². The minimum atomic E-state index is 0.0421. The van der Waals surface area contributed by atoms with E-state index in [0.29, 0.717) is 18.6 Å². The zero-order chi connectivity index (χ0) is 13.7. The zero-order valence-corrected chi connectivity index (χ0v) is 11.8. The molecule has 1 aromatic heterocycles. The summed E-state index contributed by atoms with van der Waals surface area (Å²) >= 11 is 0. The Bertz CT molecular complexity index is 391.